The van der Waals surface area contributed by atoms with Gasteiger partial charge in [-0.1, -0.05) is 26.2 Å². The van der Waals surface area contributed by atoms with Crippen LogP contribution in [0.4, 0.5) is 0 Å². The molecule has 0 radical (unpaired) electrons. The molecule has 0 aromatic carbocycles. The molecule has 2 fully saturated rings. The van der Waals surface area contributed by atoms with Gasteiger partial charge in [0, 0.05) is 31.0 Å². The summed E-state index contributed by atoms with van der Waals surface area (Å²) in [4.78, 5) is 14.2. The van der Waals surface area contributed by atoms with Crippen molar-refractivity contribution in [3.63, 3.8) is 0 Å². The molecule has 2 aliphatic heterocycles. The lowest BCUT2D eigenvalue weighted by Crippen LogP contribution is -2.47. The zero-order chi connectivity index (χ0) is 11.5. The highest BCUT2D eigenvalue weighted by atomic mass is 16.1. The maximum Gasteiger partial charge on any atom is 0.136 e. The van der Waals surface area contributed by atoms with Crippen LogP contribution in [0, 0.1) is 0 Å². The van der Waals surface area contributed by atoms with Crippen molar-refractivity contribution in [3.8, 4) is 0 Å². The number of nitrogens with zero attached hydrogens (tertiary/aromatic N) is 1. The van der Waals surface area contributed by atoms with E-state index in [9.17, 15) is 4.79 Å². The molecule has 2 aliphatic rings. The van der Waals surface area contributed by atoms with Crippen molar-refractivity contribution < 1.29 is 4.79 Å². The Hall–Kier alpha value is -0.370. The van der Waals surface area contributed by atoms with Crippen LogP contribution < -0.4 is 0 Å². The normalized spacial score (nSPS) is 32.0. The number of hydrogen-bond donors (Lipinski definition) is 0. The minimum Gasteiger partial charge on any atom is -0.300 e. The zero-order valence-electron chi connectivity index (χ0n) is 10.7. The standard InChI is InChI=1S/C14H25NO/c1-3-4-5-6-11(2)15-12-7-8-13(15)10-14(16)9-12/h11-13H,3-10H2,1-2H3. The Balaban J connectivity index is 1.87. The van der Waals surface area contributed by atoms with Crippen molar-refractivity contribution in [2.45, 2.75) is 83.3 Å². The van der Waals surface area contributed by atoms with E-state index in [1.807, 2.05) is 0 Å². The van der Waals surface area contributed by atoms with Crippen molar-refractivity contribution in [3.05, 3.63) is 0 Å². The lowest BCUT2D eigenvalue weighted by atomic mass is 9.97. The first-order valence-corrected chi connectivity index (χ1v) is 7.01. The number of carbonyl (C=O) groups excluding carboxylic acids is 1. The van der Waals surface area contributed by atoms with Crippen molar-refractivity contribution in [2.75, 3.05) is 0 Å². The molecule has 92 valence electrons. The zero-order valence-corrected chi connectivity index (χ0v) is 10.7. The molecule has 2 heterocycles. The predicted molar refractivity (Wildman–Crippen MR) is 66.5 cm³/mol. The van der Waals surface area contributed by atoms with Gasteiger partial charge in [0.15, 0.2) is 0 Å². The molecule has 0 aliphatic carbocycles. The van der Waals surface area contributed by atoms with Gasteiger partial charge in [-0.05, 0) is 26.2 Å². The molecule has 2 saturated heterocycles. The van der Waals surface area contributed by atoms with E-state index in [4.69, 9.17) is 0 Å². The molecule has 0 aromatic heterocycles. The fourth-order valence-corrected chi connectivity index (χ4v) is 3.56. The molecule has 0 saturated carbocycles. The van der Waals surface area contributed by atoms with Crippen molar-refractivity contribution >= 4 is 5.78 Å². The summed E-state index contributed by atoms with van der Waals surface area (Å²) >= 11 is 0. The summed E-state index contributed by atoms with van der Waals surface area (Å²) in [7, 11) is 0. The van der Waals surface area contributed by atoms with Gasteiger partial charge >= 0.3 is 0 Å². The number of Topliss-reactive ketones (excluding diaryl/α,β-unsaturated/α-hetero) is 1. The lowest BCUT2D eigenvalue weighted by molar-refractivity contribution is -0.124. The Morgan fingerprint density at radius 1 is 1.25 bits per heavy atom. The molecule has 2 nitrogen and oxygen atoms in total. The van der Waals surface area contributed by atoms with Gasteiger partial charge in [-0.15, -0.1) is 0 Å². The molecule has 0 N–H and O–H groups in total. The van der Waals surface area contributed by atoms with E-state index in [2.05, 4.69) is 18.7 Å². The molecule has 2 heteroatoms. The number of ketones is 1. The molecule has 3 atom stereocenters. The third-order valence-corrected chi connectivity index (χ3v) is 4.34. The van der Waals surface area contributed by atoms with Crippen LogP contribution in [0.5, 0.6) is 0 Å². The van der Waals surface area contributed by atoms with Crippen molar-refractivity contribution in [1.82, 2.24) is 4.90 Å². The van der Waals surface area contributed by atoms with Gasteiger partial charge in [-0.25, -0.2) is 0 Å². The van der Waals surface area contributed by atoms with Crippen LogP contribution in [0.3, 0.4) is 0 Å². The van der Waals surface area contributed by atoms with Crippen LogP contribution in [0.15, 0.2) is 0 Å². The van der Waals surface area contributed by atoms with Crippen LogP contribution >= 0.6 is 0 Å². The smallest absolute Gasteiger partial charge is 0.136 e. The Morgan fingerprint density at radius 2 is 1.88 bits per heavy atom. The summed E-state index contributed by atoms with van der Waals surface area (Å²) in [5, 5.41) is 0. The second-order valence-corrected chi connectivity index (χ2v) is 5.62. The van der Waals surface area contributed by atoms with E-state index < -0.39 is 0 Å². The second kappa shape index (κ2) is 5.31. The molecule has 0 spiro atoms. The Bertz CT molecular complexity index is 235. The number of hydrogen-bond acceptors (Lipinski definition) is 2. The van der Waals surface area contributed by atoms with E-state index in [1.165, 1.54) is 38.5 Å². The molecule has 0 aromatic rings. The average molecular weight is 223 g/mol. The maximum absolute atomic E-state index is 11.5. The van der Waals surface area contributed by atoms with Gasteiger partial charge in [0.25, 0.3) is 0 Å². The van der Waals surface area contributed by atoms with Crippen LogP contribution in [0.1, 0.15) is 65.2 Å². The van der Waals surface area contributed by atoms with E-state index in [1.54, 1.807) is 0 Å². The molecule has 2 rings (SSSR count). The Kier molecular flexibility index (Phi) is 4.01. The van der Waals surface area contributed by atoms with E-state index in [0.717, 1.165) is 12.8 Å². The fraction of sp³-hybridized carbons (Fsp3) is 0.929. The molecular formula is C14H25NO. The van der Waals surface area contributed by atoms with Gasteiger partial charge in [0.1, 0.15) is 5.78 Å². The monoisotopic (exact) mass is 223 g/mol. The summed E-state index contributed by atoms with van der Waals surface area (Å²) in [5.41, 5.74) is 0. The Morgan fingerprint density at radius 3 is 2.44 bits per heavy atom. The number of fused-ring (bicyclic) bond motifs is 2. The van der Waals surface area contributed by atoms with Crippen LogP contribution in [-0.2, 0) is 4.79 Å². The number of carbonyl (C=O) groups is 1. The lowest BCUT2D eigenvalue weighted by Gasteiger charge is -2.38. The number of rotatable bonds is 5. The summed E-state index contributed by atoms with van der Waals surface area (Å²) in [6, 6.07) is 1.86. The second-order valence-electron chi connectivity index (χ2n) is 5.62. The average Bonchev–Trinajstić information content (AvgIpc) is 2.52. The maximum atomic E-state index is 11.5. The van der Waals surface area contributed by atoms with Gasteiger partial charge < -0.3 is 0 Å². The molecule has 3 unspecified atom stereocenters. The van der Waals surface area contributed by atoms with Gasteiger partial charge in [-0.3, -0.25) is 9.69 Å². The number of unbranched alkanes of at least 4 members (excludes halogenated alkanes) is 2. The molecular weight excluding hydrogens is 198 g/mol. The quantitative estimate of drug-likeness (QED) is 0.667. The van der Waals surface area contributed by atoms with Crippen molar-refractivity contribution in [2.24, 2.45) is 0 Å². The predicted octanol–water partition coefficient (Wildman–Crippen LogP) is 3.15. The first kappa shape index (κ1) is 12.1. The minimum atomic E-state index is 0.504. The van der Waals surface area contributed by atoms with Gasteiger partial charge in [0.2, 0.25) is 0 Å². The summed E-state index contributed by atoms with van der Waals surface area (Å²) in [6.07, 6.45) is 9.49. The molecule has 0 amide bonds. The van der Waals surface area contributed by atoms with E-state index in [-0.39, 0.29) is 0 Å². The first-order valence-electron chi connectivity index (χ1n) is 7.01. The highest BCUT2D eigenvalue weighted by Gasteiger charge is 2.41. The van der Waals surface area contributed by atoms with Gasteiger partial charge in [0.05, 0.1) is 0 Å². The summed E-state index contributed by atoms with van der Waals surface area (Å²) in [6.45, 7) is 4.62. The first-order chi connectivity index (χ1) is 7.72. The van der Waals surface area contributed by atoms with E-state index in [0.29, 0.717) is 23.9 Å². The number of piperidine rings is 1. The third kappa shape index (κ3) is 2.48. The molecule has 2 bridgehead atoms. The highest BCUT2D eigenvalue weighted by molar-refractivity contribution is 5.81. The minimum absolute atomic E-state index is 0.504. The SMILES string of the molecule is CCCCCC(C)N1C2CCC1CC(=O)C2. The fourth-order valence-electron chi connectivity index (χ4n) is 3.56. The van der Waals surface area contributed by atoms with Crippen LogP contribution in [0.25, 0.3) is 0 Å². The van der Waals surface area contributed by atoms with Gasteiger partial charge in [-0.2, -0.15) is 0 Å². The van der Waals surface area contributed by atoms with Crippen LogP contribution in [0.2, 0.25) is 0 Å². The highest BCUT2D eigenvalue weighted by Crippen LogP contribution is 2.36. The molecule has 16 heavy (non-hydrogen) atoms. The van der Waals surface area contributed by atoms with E-state index >= 15 is 0 Å². The summed E-state index contributed by atoms with van der Waals surface area (Å²) < 4.78 is 0. The summed E-state index contributed by atoms with van der Waals surface area (Å²) in [5.74, 6) is 0.504. The van der Waals surface area contributed by atoms with Crippen LogP contribution in [-0.4, -0.2) is 28.8 Å². The van der Waals surface area contributed by atoms with Crippen molar-refractivity contribution in [1.29, 1.82) is 0 Å². The Labute approximate surface area is 99.4 Å². The third-order valence-electron chi connectivity index (χ3n) is 4.34. The topological polar surface area (TPSA) is 20.3 Å². The largest absolute Gasteiger partial charge is 0.300 e.